The summed E-state index contributed by atoms with van der Waals surface area (Å²) in [6.07, 6.45) is 8.33. The molecule has 0 aliphatic rings. The molecule has 0 spiro atoms. The van der Waals surface area contributed by atoms with Gasteiger partial charge in [-0.25, -0.2) is 0 Å². The number of unbranched alkanes of at least 4 members (excludes halogenated alkanes) is 6. The van der Waals surface area contributed by atoms with Crippen LogP contribution < -0.4 is 10.6 Å². The van der Waals surface area contributed by atoms with Crippen molar-refractivity contribution in [2.75, 3.05) is 11.9 Å². The lowest BCUT2D eigenvalue weighted by atomic mass is 10.1. The Balaban J connectivity index is 2.30. The van der Waals surface area contributed by atoms with Crippen LogP contribution in [-0.2, 0) is 9.59 Å². The molecule has 4 nitrogen and oxygen atoms in total. The van der Waals surface area contributed by atoms with Gasteiger partial charge in [-0.1, -0.05) is 63.1 Å². The molecule has 0 radical (unpaired) electrons. The Morgan fingerprint density at radius 3 is 1.96 bits per heavy atom. The number of carbonyl (C=O) groups is 2. The summed E-state index contributed by atoms with van der Waals surface area (Å²) in [4.78, 5) is 23.9. The molecule has 0 aromatic heterocycles. The van der Waals surface area contributed by atoms with Gasteiger partial charge in [0.15, 0.2) is 0 Å². The van der Waals surface area contributed by atoms with E-state index in [-0.39, 0.29) is 0 Å². The van der Waals surface area contributed by atoms with Crippen molar-refractivity contribution in [3.63, 3.8) is 0 Å². The predicted molar refractivity (Wildman–Crippen MR) is 100 cm³/mol. The largest absolute Gasteiger partial charge is 0.348 e. The number of aryl methyl sites for hydroxylation is 3. The van der Waals surface area contributed by atoms with Crippen molar-refractivity contribution in [1.82, 2.24) is 5.32 Å². The maximum atomic E-state index is 12.0. The van der Waals surface area contributed by atoms with Crippen molar-refractivity contribution in [3.8, 4) is 0 Å². The number of benzene rings is 1. The average Bonchev–Trinajstić information content (AvgIpc) is 2.52. The first-order valence-electron chi connectivity index (χ1n) is 9.12. The third-order valence-corrected chi connectivity index (χ3v) is 4.19. The van der Waals surface area contributed by atoms with E-state index in [9.17, 15) is 9.59 Å². The molecule has 134 valence electrons. The van der Waals surface area contributed by atoms with Crippen molar-refractivity contribution < 1.29 is 9.59 Å². The zero-order valence-corrected chi connectivity index (χ0v) is 15.6. The molecule has 0 saturated carbocycles. The van der Waals surface area contributed by atoms with E-state index in [4.69, 9.17) is 0 Å². The number of hydrogen-bond donors (Lipinski definition) is 2. The Hall–Kier alpha value is -1.84. The fourth-order valence-corrected chi connectivity index (χ4v) is 2.91. The van der Waals surface area contributed by atoms with E-state index < -0.39 is 11.8 Å². The molecule has 2 N–H and O–H groups in total. The standard InChI is InChI=1S/C20H32N2O2/c1-5-6-7-8-9-10-11-12-21-19(23)20(24)22-18-16(3)13-15(2)14-17(18)4/h13-14H,5-12H2,1-4H3,(H,21,23)(H,22,24). The van der Waals surface area contributed by atoms with Crippen LogP contribution in [0.25, 0.3) is 0 Å². The van der Waals surface area contributed by atoms with E-state index in [1.165, 1.54) is 32.1 Å². The fourth-order valence-electron chi connectivity index (χ4n) is 2.91. The second kappa shape index (κ2) is 10.8. The summed E-state index contributed by atoms with van der Waals surface area (Å²) >= 11 is 0. The van der Waals surface area contributed by atoms with Crippen LogP contribution in [0.1, 0.15) is 68.6 Å². The number of nitrogens with one attached hydrogen (secondary N) is 2. The summed E-state index contributed by atoms with van der Waals surface area (Å²) in [5.41, 5.74) is 3.82. The first-order valence-corrected chi connectivity index (χ1v) is 9.12. The Labute approximate surface area is 146 Å². The van der Waals surface area contributed by atoms with E-state index in [1.807, 2.05) is 32.9 Å². The summed E-state index contributed by atoms with van der Waals surface area (Å²) in [5.74, 6) is -1.15. The van der Waals surface area contributed by atoms with Crippen molar-refractivity contribution in [1.29, 1.82) is 0 Å². The fraction of sp³-hybridized carbons (Fsp3) is 0.600. The molecule has 1 rings (SSSR count). The predicted octanol–water partition coefficient (Wildman–Crippen LogP) is 4.42. The van der Waals surface area contributed by atoms with E-state index in [0.29, 0.717) is 6.54 Å². The number of anilines is 1. The molecule has 0 unspecified atom stereocenters. The van der Waals surface area contributed by atoms with Gasteiger partial charge in [0.25, 0.3) is 0 Å². The van der Waals surface area contributed by atoms with Crippen LogP contribution in [-0.4, -0.2) is 18.4 Å². The maximum absolute atomic E-state index is 12.0. The molecule has 0 aliphatic carbocycles. The Morgan fingerprint density at radius 2 is 1.38 bits per heavy atom. The van der Waals surface area contributed by atoms with Gasteiger partial charge in [-0.15, -0.1) is 0 Å². The number of hydrogen-bond acceptors (Lipinski definition) is 2. The minimum atomic E-state index is -0.590. The molecule has 0 aliphatic heterocycles. The van der Waals surface area contributed by atoms with Crippen LogP contribution in [0.3, 0.4) is 0 Å². The van der Waals surface area contributed by atoms with Gasteiger partial charge >= 0.3 is 11.8 Å². The van der Waals surface area contributed by atoms with Crippen molar-refractivity contribution in [2.45, 2.75) is 72.6 Å². The lowest BCUT2D eigenvalue weighted by Gasteiger charge is -2.12. The summed E-state index contributed by atoms with van der Waals surface area (Å²) in [6.45, 7) is 8.66. The van der Waals surface area contributed by atoms with Gasteiger partial charge in [-0.2, -0.15) is 0 Å². The molecule has 2 amide bonds. The van der Waals surface area contributed by atoms with E-state index >= 15 is 0 Å². The summed E-state index contributed by atoms with van der Waals surface area (Å²) in [5, 5.41) is 5.43. The molecule has 0 bridgehead atoms. The van der Waals surface area contributed by atoms with Crippen LogP contribution >= 0.6 is 0 Å². The Morgan fingerprint density at radius 1 is 0.833 bits per heavy atom. The highest BCUT2D eigenvalue weighted by atomic mass is 16.2. The second-order valence-electron chi connectivity index (χ2n) is 6.61. The summed E-state index contributed by atoms with van der Waals surface area (Å²) in [6, 6.07) is 4.00. The molecule has 1 aromatic carbocycles. The van der Waals surface area contributed by atoms with Crippen LogP contribution in [0.15, 0.2) is 12.1 Å². The molecule has 24 heavy (non-hydrogen) atoms. The molecular formula is C20H32N2O2. The van der Waals surface area contributed by atoms with Crippen molar-refractivity contribution in [3.05, 3.63) is 28.8 Å². The Bertz CT molecular complexity index is 530. The van der Waals surface area contributed by atoms with Gasteiger partial charge in [0, 0.05) is 12.2 Å². The molecule has 0 saturated heterocycles. The highest BCUT2D eigenvalue weighted by Gasteiger charge is 2.15. The molecular weight excluding hydrogens is 300 g/mol. The number of rotatable bonds is 9. The van der Waals surface area contributed by atoms with E-state index in [1.54, 1.807) is 0 Å². The lowest BCUT2D eigenvalue weighted by molar-refractivity contribution is -0.136. The smallest absolute Gasteiger partial charge is 0.313 e. The van der Waals surface area contributed by atoms with Gasteiger partial charge in [0.1, 0.15) is 0 Å². The van der Waals surface area contributed by atoms with Gasteiger partial charge in [-0.3, -0.25) is 9.59 Å². The lowest BCUT2D eigenvalue weighted by Crippen LogP contribution is -2.36. The van der Waals surface area contributed by atoms with Crippen molar-refractivity contribution >= 4 is 17.5 Å². The zero-order chi connectivity index (χ0) is 17.9. The van der Waals surface area contributed by atoms with Crippen molar-refractivity contribution in [2.24, 2.45) is 0 Å². The minimum Gasteiger partial charge on any atom is -0.348 e. The summed E-state index contributed by atoms with van der Waals surface area (Å²) in [7, 11) is 0. The van der Waals surface area contributed by atoms with Gasteiger partial charge in [-0.05, 0) is 38.3 Å². The average molecular weight is 332 g/mol. The normalized spacial score (nSPS) is 10.5. The third kappa shape index (κ3) is 7.16. The van der Waals surface area contributed by atoms with E-state index in [2.05, 4.69) is 17.6 Å². The monoisotopic (exact) mass is 332 g/mol. The topological polar surface area (TPSA) is 58.2 Å². The number of amides is 2. The van der Waals surface area contributed by atoms with E-state index in [0.717, 1.165) is 35.2 Å². The Kier molecular flexibility index (Phi) is 9.13. The van der Waals surface area contributed by atoms with Gasteiger partial charge in [0.05, 0.1) is 0 Å². The van der Waals surface area contributed by atoms with Crippen LogP contribution in [0.4, 0.5) is 5.69 Å². The highest BCUT2D eigenvalue weighted by molar-refractivity contribution is 6.39. The zero-order valence-electron chi connectivity index (χ0n) is 15.6. The van der Waals surface area contributed by atoms with Crippen LogP contribution in [0.5, 0.6) is 0 Å². The first kappa shape index (κ1) is 20.2. The molecule has 1 aromatic rings. The van der Waals surface area contributed by atoms with Crippen LogP contribution in [0, 0.1) is 20.8 Å². The van der Waals surface area contributed by atoms with Crippen LogP contribution in [0.2, 0.25) is 0 Å². The third-order valence-electron chi connectivity index (χ3n) is 4.19. The first-order chi connectivity index (χ1) is 11.5. The second-order valence-corrected chi connectivity index (χ2v) is 6.61. The van der Waals surface area contributed by atoms with Gasteiger partial charge < -0.3 is 10.6 Å². The number of carbonyl (C=O) groups excluding carboxylic acids is 2. The molecule has 0 fully saturated rings. The highest BCUT2D eigenvalue weighted by Crippen LogP contribution is 2.21. The quantitative estimate of drug-likeness (QED) is 0.519. The molecule has 0 heterocycles. The molecule has 4 heteroatoms. The SMILES string of the molecule is CCCCCCCCCNC(=O)C(=O)Nc1c(C)cc(C)cc1C. The molecule has 0 atom stereocenters. The summed E-state index contributed by atoms with van der Waals surface area (Å²) < 4.78 is 0. The van der Waals surface area contributed by atoms with Gasteiger partial charge in [0.2, 0.25) is 0 Å². The maximum Gasteiger partial charge on any atom is 0.313 e. The minimum absolute atomic E-state index is 0.555.